The maximum Gasteiger partial charge on any atom is 0.418 e. The Morgan fingerprint density at radius 2 is 1.70 bits per heavy atom. The minimum absolute atomic E-state index is 0.0644. The average Bonchev–Trinajstić information content (AvgIpc) is 2.33. The van der Waals surface area contributed by atoms with E-state index in [0.717, 1.165) is 10.5 Å². The summed E-state index contributed by atoms with van der Waals surface area (Å²) in [6.07, 6.45) is -4.51. The van der Waals surface area contributed by atoms with Crippen LogP contribution >= 0.6 is 31.9 Å². The minimum atomic E-state index is -4.51. The van der Waals surface area contributed by atoms with Crippen molar-refractivity contribution in [3.05, 3.63) is 50.9 Å². The summed E-state index contributed by atoms with van der Waals surface area (Å²) in [6, 6.07) is 8.53. The largest absolute Gasteiger partial charge is 0.456 e. The third-order valence-corrected chi connectivity index (χ3v) is 3.56. The second-order valence-electron chi connectivity index (χ2n) is 3.92. The van der Waals surface area contributed by atoms with Gasteiger partial charge in [0.05, 0.1) is 10.0 Å². The number of nitrogens with two attached hydrogens (primary N) is 1. The molecule has 2 N–H and O–H groups in total. The first kappa shape index (κ1) is 15.2. The predicted molar refractivity (Wildman–Crippen MR) is 77.8 cm³/mol. The molecule has 0 aliphatic carbocycles. The molecule has 0 bridgehead atoms. The Morgan fingerprint density at radius 3 is 2.30 bits per heavy atom. The van der Waals surface area contributed by atoms with E-state index in [4.69, 9.17) is 10.5 Å². The molecule has 0 saturated carbocycles. The van der Waals surface area contributed by atoms with E-state index in [9.17, 15) is 13.2 Å². The van der Waals surface area contributed by atoms with E-state index in [-0.39, 0.29) is 11.4 Å². The highest BCUT2D eigenvalue weighted by molar-refractivity contribution is 9.11. The monoisotopic (exact) mass is 409 g/mol. The Hall–Kier alpha value is -1.21. The molecule has 0 fully saturated rings. The van der Waals surface area contributed by atoms with Crippen molar-refractivity contribution >= 4 is 37.5 Å². The molecular formula is C13H8Br2F3NO. The quantitative estimate of drug-likeness (QED) is 0.653. The molecular weight excluding hydrogens is 403 g/mol. The molecule has 0 spiro atoms. The molecule has 106 valence electrons. The number of anilines is 1. The Bertz CT molecular complexity index is 644. The summed E-state index contributed by atoms with van der Waals surface area (Å²) in [5.41, 5.74) is 4.08. The first-order chi connectivity index (χ1) is 9.27. The van der Waals surface area contributed by atoms with Crippen LogP contribution in [0.25, 0.3) is 0 Å². The number of hydrogen-bond acceptors (Lipinski definition) is 2. The smallest absolute Gasteiger partial charge is 0.418 e. The van der Waals surface area contributed by atoms with Gasteiger partial charge in [-0.1, -0.05) is 15.9 Å². The van der Waals surface area contributed by atoms with Gasteiger partial charge in [-0.2, -0.15) is 13.2 Å². The van der Waals surface area contributed by atoms with Gasteiger partial charge in [-0.15, -0.1) is 0 Å². The van der Waals surface area contributed by atoms with Crippen LogP contribution in [0, 0.1) is 0 Å². The number of benzene rings is 2. The van der Waals surface area contributed by atoms with Gasteiger partial charge in [-0.3, -0.25) is 0 Å². The first-order valence-corrected chi connectivity index (χ1v) is 6.95. The van der Waals surface area contributed by atoms with E-state index in [1.165, 1.54) is 12.1 Å². The molecule has 7 heteroatoms. The molecule has 0 saturated heterocycles. The van der Waals surface area contributed by atoms with E-state index < -0.39 is 11.7 Å². The van der Waals surface area contributed by atoms with Crippen LogP contribution in [0.3, 0.4) is 0 Å². The summed E-state index contributed by atoms with van der Waals surface area (Å²) in [7, 11) is 0. The number of rotatable bonds is 2. The molecule has 0 unspecified atom stereocenters. The standard InChI is InChI=1S/C13H8Br2F3NO/c14-7-1-4-12(10(15)5-7)20-8-2-3-11(19)9(6-8)13(16,17)18/h1-6H,19H2. The molecule has 0 aliphatic rings. The SMILES string of the molecule is Nc1ccc(Oc2ccc(Br)cc2Br)cc1C(F)(F)F. The van der Waals surface area contributed by atoms with Crippen LogP contribution in [0.5, 0.6) is 11.5 Å². The number of hydrogen-bond donors (Lipinski definition) is 1. The average molecular weight is 411 g/mol. The fourth-order valence-electron chi connectivity index (χ4n) is 1.53. The molecule has 0 aliphatic heterocycles. The fourth-order valence-corrected chi connectivity index (χ4v) is 2.66. The second kappa shape index (κ2) is 5.65. The van der Waals surface area contributed by atoms with Crippen LogP contribution < -0.4 is 10.5 Å². The topological polar surface area (TPSA) is 35.2 Å². The summed E-state index contributed by atoms with van der Waals surface area (Å²) in [5.74, 6) is 0.473. The normalized spacial score (nSPS) is 11.4. The lowest BCUT2D eigenvalue weighted by atomic mass is 10.1. The van der Waals surface area contributed by atoms with Crippen LogP contribution in [-0.4, -0.2) is 0 Å². The fraction of sp³-hybridized carbons (Fsp3) is 0.0769. The number of ether oxygens (including phenoxy) is 1. The number of halogens is 5. The zero-order valence-electron chi connectivity index (χ0n) is 9.84. The first-order valence-electron chi connectivity index (χ1n) is 5.37. The van der Waals surface area contributed by atoms with Gasteiger partial charge < -0.3 is 10.5 Å². The van der Waals surface area contributed by atoms with Gasteiger partial charge in [0.2, 0.25) is 0 Å². The summed E-state index contributed by atoms with van der Waals surface area (Å²) in [5, 5.41) is 0. The molecule has 0 heterocycles. The predicted octanol–water partition coefficient (Wildman–Crippen LogP) is 5.60. The molecule has 20 heavy (non-hydrogen) atoms. The van der Waals surface area contributed by atoms with E-state index in [0.29, 0.717) is 10.2 Å². The Kier molecular flexibility index (Phi) is 4.29. The molecule has 2 nitrogen and oxygen atoms in total. The van der Waals surface area contributed by atoms with Crippen molar-refractivity contribution in [2.75, 3.05) is 5.73 Å². The van der Waals surface area contributed by atoms with Gasteiger partial charge in [-0.05, 0) is 52.3 Å². The third-order valence-electron chi connectivity index (χ3n) is 2.45. The lowest BCUT2D eigenvalue weighted by Gasteiger charge is -2.13. The second-order valence-corrected chi connectivity index (χ2v) is 5.69. The van der Waals surface area contributed by atoms with Gasteiger partial charge in [0.15, 0.2) is 0 Å². The Morgan fingerprint density at radius 1 is 1.00 bits per heavy atom. The molecule has 2 aromatic rings. The van der Waals surface area contributed by atoms with E-state index >= 15 is 0 Å². The van der Waals surface area contributed by atoms with Gasteiger partial charge in [0.1, 0.15) is 11.5 Å². The highest BCUT2D eigenvalue weighted by Crippen LogP contribution is 2.38. The molecule has 0 aromatic heterocycles. The summed E-state index contributed by atoms with van der Waals surface area (Å²) < 4.78 is 45.1. The number of nitrogen functional groups attached to an aromatic ring is 1. The molecule has 0 amide bonds. The maximum absolute atomic E-state index is 12.7. The van der Waals surface area contributed by atoms with Gasteiger partial charge >= 0.3 is 6.18 Å². The van der Waals surface area contributed by atoms with Gasteiger partial charge in [0.25, 0.3) is 0 Å². The van der Waals surface area contributed by atoms with Crippen LogP contribution in [-0.2, 0) is 6.18 Å². The maximum atomic E-state index is 12.7. The zero-order valence-corrected chi connectivity index (χ0v) is 13.0. The molecule has 0 atom stereocenters. The summed E-state index contributed by atoms with van der Waals surface area (Å²) >= 11 is 6.55. The van der Waals surface area contributed by atoms with Crippen LogP contribution in [0.1, 0.15) is 5.56 Å². The van der Waals surface area contributed by atoms with Crippen molar-refractivity contribution in [3.8, 4) is 11.5 Å². The summed E-state index contributed by atoms with van der Waals surface area (Å²) in [4.78, 5) is 0. The lowest BCUT2D eigenvalue weighted by molar-refractivity contribution is -0.137. The molecule has 0 radical (unpaired) electrons. The molecule has 2 aromatic carbocycles. The van der Waals surface area contributed by atoms with Crippen molar-refractivity contribution in [1.82, 2.24) is 0 Å². The molecule has 2 rings (SSSR count). The summed E-state index contributed by atoms with van der Waals surface area (Å²) in [6.45, 7) is 0. The third kappa shape index (κ3) is 3.46. The lowest BCUT2D eigenvalue weighted by Crippen LogP contribution is -2.08. The van der Waals surface area contributed by atoms with Gasteiger partial charge in [-0.25, -0.2) is 0 Å². The van der Waals surface area contributed by atoms with Crippen molar-refractivity contribution < 1.29 is 17.9 Å². The zero-order chi connectivity index (χ0) is 14.9. The van der Waals surface area contributed by atoms with Crippen molar-refractivity contribution in [2.45, 2.75) is 6.18 Å². The van der Waals surface area contributed by atoms with Gasteiger partial charge in [0, 0.05) is 10.2 Å². The van der Waals surface area contributed by atoms with Crippen molar-refractivity contribution in [2.24, 2.45) is 0 Å². The van der Waals surface area contributed by atoms with Crippen LogP contribution in [0.4, 0.5) is 18.9 Å². The van der Waals surface area contributed by atoms with Crippen LogP contribution in [0.15, 0.2) is 45.3 Å². The van der Waals surface area contributed by atoms with E-state index in [1.807, 2.05) is 0 Å². The van der Waals surface area contributed by atoms with Crippen molar-refractivity contribution in [1.29, 1.82) is 0 Å². The van der Waals surface area contributed by atoms with Crippen LogP contribution in [0.2, 0.25) is 0 Å². The Labute approximate surface area is 130 Å². The minimum Gasteiger partial charge on any atom is -0.456 e. The highest BCUT2D eigenvalue weighted by atomic mass is 79.9. The Balaban J connectivity index is 2.35. The van der Waals surface area contributed by atoms with E-state index in [2.05, 4.69) is 31.9 Å². The van der Waals surface area contributed by atoms with Crippen molar-refractivity contribution in [3.63, 3.8) is 0 Å². The van der Waals surface area contributed by atoms with E-state index in [1.54, 1.807) is 18.2 Å². The highest BCUT2D eigenvalue weighted by Gasteiger charge is 2.33. The number of alkyl halides is 3.